The topological polar surface area (TPSA) is 0 Å². The summed E-state index contributed by atoms with van der Waals surface area (Å²) in [7, 11) is 0. The summed E-state index contributed by atoms with van der Waals surface area (Å²) in [5, 5.41) is 0. The molecular formula is C15H20. The highest BCUT2D eigenvalue weighted by Crippen LogP contribution is 2.25. The minimum Gasteiger partial charge on any atom is -0.0874 e. The molecule has 0 heteroatoms. The molecular weight excluding hydrogens is 180 g/mol. The Morgan fingerprint density at radius 3 is 2.53 bits per heavy atom. The summed E-state index contributed by atoms with van der Waals surface area (Å²) >= 11 is 0. The monoisotopic (exact) mass is 200 g/mol. The summed E-state index contributed by atoms with van der Waals surface area (Å²) in [6.07, 6.45) is 6.47. The van der Waals surface area contributed by atoms with Crippen LogP contribution in [0.15, 0.2) is 48.1 Å². The number of benzene rings is 1. The number of hydrogen-bond donors (Lipinski definition) is 0. The number of hydrogen-bond acceptors (Lipinski definition) is 0. The van der Waals surface area contributed by atoms with E-state index in [4.69, 9.17) is 0 Å². The van der Waals surface area contributed by atoms with E-state index >= 15 is 0 Å². The van der Waals surface area contributed by atoms with Crippen molar-refractivity contribution in [2.45, 2.75) is 33.6 Å². The molecule has 80 valence electrons. The number of aryl methyl sites for hydroxylation is 1. The maximum atomic E-state index is 2.26. The zero-order valence-corrected chi connectivity index (χ0v) is 10.1. The lowest BCUT2D eigenvalue weighted by Crippen LogP contribution is -1.96. The Morgan fingerprint density at radius 2 is 2.00 bits per heavy atom. The van der Waals surface area contributed by atoms with Crippen molar-refractivity contribution in [2.75, 3.05) is 0 Å². The Labute approximate surface area is 93.3 Å². The molecule has 0 aliphatic heterocycles. The second-order valence-corrected chi connectivity index (χ2v) is 3.92. The smallest absolute Gasteiger partial charge is 0.00577 e. The normalized spacial score (nSPS) is 14.5. The highest BCUT2D eigenvalue weighted by Gasteiger charge is 2.07. The first-order chi connectivity index (χ1) is 7.19. The fraction of sp³-hybridized carbons (Fsp3) is 0.333. The first-order valence-corrected chi connectivity index (χ1v) is 5.54. The first-order valence-electron chi connectivity index (χ1n) is 5.54. The van der Waals surface area contributed by atoms with Crippen molar-refractivity contribution >= 4 is 0 Å². The SMILES string of the molecule is C/C=C\C(=C/C)C(C)c1cccc(C)c1. The molecule has 1 rings (SSSR count). The van der Waals surface area contributed by atoms with Gasteiger partial charge in [0.05, 0.1) is 0 Å². The predicted molar refractivity (Wildman–Crippen MR) is 68.2 cm³/mol. The van der Waals surface area contributed by atoms with Crippen LogP contribution in [-0.2, 0) is 0 Å². The number of allylic oxidation sites excluding steroid dienone is 4. The zero-order valence-electron chi connectivity index (χ0n) is 10.1. The van der Waals surface area contributed by atoms with Gasteiger partial charge in [-0.3, -0.25) is 0 Å². The van der Waals surface area contributed by atoms with Gasteiger partial charge in [0.15, 0.2) is 0 Å². The van der Waals surface area contributed by atoms with Gasteiger partial charge < -0.3 is 0 Å². The van der Waals surface area contributed by atoms with Crippen LogP contribution in [0, 0.1) is 6.92 Å². The van der Waals surface area contributed by atoms with Crippen LogP contribution in [-0.4, -0.2) is 0 Å². The van der Waals surface area contributed by atoms with E-state index in [1.807, 2.05) is 0 Å². The molecule has 0 N–H and O–H groups in total. The molecule has 1 atom stereocenters. The molecule has 0 bridgehead atoms. The zero-order chi connectivity index (χ0) is 11.3. The standard InChI is InChI=1S/C15H20/c1-5-8-14(6-2)13(4)15-10-7-9-12(3)11-15/h5-11,13H,1-4H3/b8-5-,14-6+. The van der Waals surface area contributed by atoms with Gasteiger partial charge in [0, 0.05) is 5.92 Å². The van der Waals surface area contributed by atoms with Crippen LogP contribution in [0.2, 0.25) is 0 Å². The molecule has 0 saturated carbocycles. The average molecular weight is 200 g/mol. The molecule has 15 heavy (non-hydrogen) atoms. The maximum Gasteiger partial charge on any atom is 0.00577 e. The quantitative estimate of drug-likeness (QED) is 0.624. The molecule has 0 heterocycles. The van der Waals surface area contributed by atoms with Gasteiger partial charge in [-0.05, 0) is 31.9 Å². The van der Waals surface area contributed by atoms with E-state index in [-0.39, 0.29) is 0 Å². The van der Waals surface area contributed by atoms with E-state index in [1.54, 1.807) is 0 Å². The lowest BCUT2D eigenvalue weighted by Gasteiger charge is -2.13. The maximum absolute atomic E-state index is 2.26. The highest BCUT2D eigenvalue weighted by molar-refractivity contribution is 5.35. The Bertz CT molecular complexity index is 369. The third kappa shape index (κ3) is 3.09. The van der Waals surface area contributed by atoms with Gasteiger partial charge in [-0.15, -0.1) is 0 Å². The number of rotatable bonds is 3. The molecule has 0 radical (unpaired) electrons. The molecule has 0 amide bonds. The van der Waals surface area contributed by atoms with Crippen LogP contribution in [0.4, 0.5) is 0 Å². The van der Waals surface area contributed by atoms with Crippen molar-refractivity contribution in [3.8, 4) is 0 Å². The molecule has 0 fully saturated rings. The van der Waals surface area contributed by atoms with Gasteiger partial charge in [-0.1, -0.05) is 55.0 Å². The second-order valence-electron chi connectivity index (χ2n) is 3.92. The highest BCUT2D eigenvalue weighted by atomic mass is 14.1. The molecule has 1 unspecified atom stereocenters. The minimum absolute atomic E-state index is 0.478. The largest absolute Gasteiger partial charge is 0.0874 e. The molecule has 0 aromatic heterocycles. The minimum atomic E-state index is 0.478. The van der Waals surface area contributed by atoms with Crippen molar-refractivity contribution in [2.24, 2.45) is 0 Å². The van der Waals surface area contributed by atoms with E-state index in [9.17, 15) is 0 Å². The van der Waals surface area contributed by atoms with Gasteiger partial charge >= 0.3 is 0 Å². The summed E-state index contributed by atoms with van der Waals surface area (Å²) in [4.78, 5) is 0. The summed E-state index contributed by atoms with van der Waals surface area (Å²) in [5.41, 5.74) is 4.10. The molecule has 0 aliphatic rings. The van der Waals surface area contributed by atoms with Gasteiger partial charge in [0.2, 0.25) is 0 Å². The molecule has 0 aliphatic carbocycles. The van der Waals surface area contributed by atoms with Crippen LogP contribution in [0.25, 0.3) is 0 Å². The van der Waals surface area contributed by atoms with Crippen molar-refractivity contribution in [3.05, 3.63) is 59.2 Å². The third-order valence-corrected chi connectivity index (χ3v) is 2.73. The average Bonchev–Trinajstić information content (AvgIpc) is 2.25. The molecule has 1 aromatic rings. The van der Waals surface area contributed by atoms with Gasteiger partial charge in [0.1, 0.15) is 0 Å². The van der Waals surface area contributed by atoms with E-state index in [0.29, 0.717) is 5.92 Å². The van der Waals surface area contributed by atoms with Crippen molar-refractivity contribution in [1.82, 2.24) is 0 Å². The Morgan fingerprint density at radius 1 is 1.27 bits per heavy atom. The Balaban J connectivity index is 2.98. The second kappa shape index (κ2) is 5.55. The molecule has 1 aromatic carbocycles. The van der Waals surface area contributed by atoms with Crippen molar-refractivity contribution in [1.29, 1.82) is 0 Å². The Kier molecular flexibility index (Phi) is 4.36. The van der Waals surface area contributed by atoms with Gasteiger partial charge in [-0.2, -0.15) is 0 Å². The predicted octanol–water partition coefficient (Wildman–Crippen LogP) is 4.62. The Hall–Kier alpha value is -1.30. The molecule has 0 spiro atoms. The van der Waals surface area contributed by atoms with E-state index in [1.165, 1.54) is 16.7 Å². The summed E-state index contributed by atoms with van der Waals surface area (Å²) in [6.45, 7) is 8.55. The third-order valence-electron chi connectivity index (χ3n) is 2.73. The van der Waals surface area contributed by atoms with Crippen LogP contribution < -0.4 is 0 Å². The summed E-state index contributed by atoms with van der Waals surface area (Å²) in [5.74, 6) is 0.478. The van der Waals surface area contributed by atoms with Crippen molar-refractivity contribution in [3.63, 3.8) is 0 Å². The van der Waals surface area contributed by atoms with Crippen LogP contribution in [0.5, 0.6) is 0 Å². The fourth-order valence-corrected chi connectivity index (χ4v) is 1.81. The van der Waals surface area contributed by atoms with Gasteiger partial charge in [-0.25, -0.2) is 0 Å². The summed E-state index contributed by atoms with van der Waals surface area (Å²) < 4.78 is 0. The van der Waals surface area contributed by atoms with Crippen LogP contribution in [0.1, 0.15) is 37.8 Å². The van der Waals surface area contributed by atoms with E-state index < -0.39 is 0 Å². The lowest BCUT2D eigenvalue weighted by atomic mass is 9.91. The van der Waals surface area contributed by atoms with Crippen LogP contribution >= 0.6 is 0 Å². The molecule has 0 saturated heterocycles. The lowest BCUT2D eigenvalue weighted by molar-refractivity contribution is 0.915. The molecule has 0 nitrogen and oxygen atoms in total. The first kappa shape index (κ1) is 11.8. The van der Waals surface area contributed by atoms with E-state index in [0.717, 1.165) is 0 Å². The van der Waals surface area contributed by atoms with Gasteiger partial charge in [0.25, 0.3) is 0 Å². The fourth-order valence-electron chi connectivity index (χ4n) is 1.81. The van der Waals surface area contributed by atoms with E-state index in [2.05, 4.69) is 70.2 Å². The van der Waals surface area contributed by atoms with Crippen molar-refractivity contribution < 1.29 is 0 Å². The summed E-state index contributed by atoms with van der Waals surface area (Å²) in [6, 6.07) is 8.73. The van der Waals surface area contributed by atoms with Crippen LogP contribution in [0.3, 0.4) is 0 Å².